The van der Waals surface area contributed by atoms with E-state index in [0.717, 1.165) is 55.4 Å². The maximum Gasteiger partial charge on any atom is 0.305 e. The van der Waals surface area contributed by atoms with E-state index in [1.165, 1.54) is 0 Å². The lowest BCUT2D eigenvalue weighted by Gasteiger charge is -2.48. The van der Waals surface area contributed by atoms with Crippen LogP contribution < -0.4 is 0 Å². The lowest BCUT2D eigenvalue weighted by atomic mass is 9.96. The van der Waals surface area contributed by atoms with Crippen molar-refractivity contribution in [1.82, 2.24) is 0 Å². The molecule has 10 atom stereocenters. The van der Waals surface area contributed by atoms with Crippen molar-refractivity contribution >= 4 is 47.8 Å². The highest BCUT2D eigenvalue weighted by Crippen LogP contribution is 2.35. The molecule has 0 aliphatic carbocycles. The van der Waals surface area contributed by atoms with Crippen molar-refractivity contribution in [3.05, 3.63) is 0 Å². The van der Waals surface area contributed by atoms with E-state index in [1.54, 1.807) is 0 Å². The highest BCUT2D eigenvalue weighted by atomic mass is 16.8. The van der Waals surface area contributed by atoms with Crippen molar-refractivity contribution in [3.8, 4) is 0 Å². The molecular formula is C28H38O19. The van der Waals surface area contributed by atoms with Crippen molar-refractivity contribution in [2.45, 2.75) is 117 Å². The van der Waals surface area contributed by atoms with Crippen LogP contribution in [0.3, 0.4) is 0 Å². The molecule has 47 heavy (non-hydrogen) atoms. The Balaban J connectivity index is 2.73. The molecule has 0 aromatic heterocycles. The fourth-order valence-corrected chi connectivity index (χ4v) is 4.73. The lowest BCUT2D eigenvalue weighted by molar-refractivity contribution is -0.357. The summed E-state index contributed by atoms with van der Waals surface area (Å²) in [5.74, 6) is -7.02. The van der Waals surface area contributed by atoms with Gasteiger partial charge in [0.25, 0.3) is 0 Å². The third kappa shape index (κ3) is 12.1. The predicted molar refractivity (Wildman–Crippen MR) is 145 cm³/mol. The van der Waals surface area contributed by atoms with E-state index in [-0.39, 0.29) is 0 Å². The van der Waals surface area contributed by atoms with Gasteiger partial charge in [-0.1, -0.05) is 0 Å². The molecule has 2 rings (SSSR count). The second-order valence-corrected chi connectivity index (χ2v) is 10.3. The molecule has 2 fully saturated rings. The van der Waals surface area contributed by atoms with Crippen LogP contribution in [0.4, 0.5) is 0 Å². The van der Waals surface area contributed by atoms with Crippen LogP contribution in [0.2, 0.25) is 0 Å². The fourth-order valence-electron chi connectivity index (χ4n) is 4.73. The quantitative estimate of drug-likeness (QED) is 0.181. The van der Waals surface area contributed by atoms with Crippen LogP contribution in [-0.2, 0) is 90.5 Å². The van der Waals surface area contributed by atoms with Gasteiger partial charge in [0.15, 0.2) is 30.7 Å². The lowest BCUT2D eigenvalue weighted by Crippen LogP contribution is -2.67. The SMILES string of the molecule is CC(=O)OCC1O[C@@H](O[C@H]2C(COC(C)=O)O[C@@H](OC(C)=O)C(OC(C)=O)[C@@H]2OC(C)=O)C(OC(C)=O)[C@@H](OC(C)=O)[C@H]1OC(C)=O. The molecule has 0 bridgehead atoms. The van der Waals surface area contributed by atoms with Crippen LogP contribution in [0.25, 0.3) is 0 Å². The molecule has 2 saturated heterocycles. The molecule has 264 valence electrons. The molecule has 0 radical (unpaired) electrons. The minimum atomic E-state index is -1.83. The Morgan fingerprint density at radius 2 is 0.702 bits per heavy atom. The van der Waals surface area contributed by atoms with Crippen molar-refractivity contribution in [2.24, 2.45) is 0 Å². The Bertz CT molecular complexity index is 1200. The first-order chi connectivity index (χ1) is 21.9. The van der Waals surface area contributed by atoms with Gasteiger partial charge in [0.05, 0.1) is 0 Å². The average Bonchev–Trinajstić information content (AvgIpc) is 2.91. The monoisotopic (exact) mass is 678 g/mol. The topological polar surface area (TPSA) is 238 Å². The minimum absolute atomic E-state index is 0.590. The molecule has 2 aliphatic rings. The van der Waals surface area contributed by atoms with Crippen LogP contribution in [0.15, 0.2) is 0 Å². The number of hydrogen-bond donors (Lipinski definition) is 0. The van der Waals surface area contributed by atoms with Gasteiger partial charge in [0, 0.05) is 55.4 Å². The van der Waals surface area contributed by atoms with E-state index in [0.29, 0.717) is 0 Å². The molecule has 0 spiro atoms. The van der Waals surface area contributed by atoms with Crippen LogP contribution >= 0.6 is 0 Å². The smallest absolute Gasteiger partial charge is 0.305 e. The van der Waals surface area contributed by atoms with Gasteiger partial charge < -0.3 is 52.1 Å². The second-order valence-electron chi connectivity index (χ2n) is 10.3. The van der Waals surface area contributed by atoms with Gasteiger partial charge in [-0.3, -0.25) is 38.4 Å². The standard InChI is InChI=1S/C28H38O19/c1-11(29)37-9-19-21(39-13(3)31)23(40-14(4)32)26(43-17(7)35)28(46-19)47-22-20(10-38-12(2)30)45-27(44-18(8)36)25(42-16(6)34)24(22)41-15(5)33/h19-28H,9-10H2,1-8H3/t19?,20?,21-,22-,23-,24+,25?,26?,27+,28-/m0/s1. The zero-order valence-corrected chi connectivity index (χ0v) is 26.9. The molecule has 4 unspecified atom stereocenters. The first kappa shape index (κ1) is 38.8. The van der Waals surface area contributed by atoms with E-state index >= 15 is 0 Å². The molecule has 0 N–H and O–H groups in total. The summed E-state index contributed by atoms with van der Waals surface area (Å²) in [5.41, 5.74) is 0. The van der Waals surface area contributed by atoms with Gasteiger partial charge in [-0.25, -0.2) is 0 Å². The van der Waals surface area contributed by atoms with Crippen molar-refractivity contribution < 1.29 is 90.5 Å². The summed E-state index contributed by atoms with van der Waals surface area (Å²) in [6.07, 6.45) is -16.3. The number of hydrogen-bond acceptors (Lipinski definition) is 19. The van der Waals surface area contributed by atoms with Crippen molar-refractivity contribution in [3.63, 3.8) is 0 Å². The maximum atomic E-state index is 12.3. The van der Waals surface area contributed by atoms with Crippen LogP contribution in [0, 0.1) is 0 Å². The number of esters is 8. The Kier molecular flexibility index (Phi) is 14.5. The van der Waals surface area contributed by atoms with Crippen molar-refractivity contribution in [1.29, 1.82) is 0 Å². The normalized spacial score (nSPS) is 30.0. The van der Waals surface area contributed by atoms with Crippen LogP contribution in [0.1, 0.15) is 55.4 Å². The summed E-state index contributed by atoms with van der Waals surface area (Å²) in [6.45, 7) is 7.05. The molecule has 0 amide bonds. The third-order valence-electron chi connectivity index (χ3n) is 6.17. The molecular weight excluding hydrogens is 640 g/mol. The van der Waals surface area contributed by atoms with E-state index < -0.39 is 122 Å². The first-order valence-electron chi connectivity index (χ1n) is 14.2. The molecule has 2 heterocycles. The fraction of sp³-hybridized carbons (Fsp3) is 0.714. The predicted octanol–water partition coefficient (Wildman–Crippen LogP) is -0.831. The van der Waals surface area contributed by atoms with Gasteiger partial charge in [0.2, 0.25) is 12.4 Å². The number of ether oxygens (including phenoxy) is 11. The molecule has 0 aromatic rings. The Morgan fingerprint density at radius 3 is 1.11 bits per heavy atom. The average molecular weight is 679 g/mol. The van der Waals surface area contributed by atoms with Gasteiger partial charge in [-0.2, -0.15) is 0 Å². The highest BCUT2D eigenvalue weighted by molar-refractivity contribution is 5.70. The molecule has 0 saturated carbocycles. The summed E-state index contributed by atoms with van der Waals surface area (Å²) in [6, 6.07) is 0. The molecule has 2 aliphatic heterocycles. The van der Waals surface area contributed by atoms with Crippen LogP contribution in [-0.4, -0.2) is 122 Å². The Labute approximate surface area is 268 Å². The van der Waals surface area contributed by atoms with E-state index in [2.05, 4.69) is 0 Å². The minimum Gasteiger partial charge on any atom is -0.463 e. The number of carbonyl (C=O) groups excluding carboxylic acids is 8. The molecule has 19 nitrogen and oxygen atoms in total. The highest BCUT2D eigenvalue weighted by Gasteiger charge is 2.58. The van der Waals surface area contributed by atoms with E-state index in [4.69, 9.17) is 52.1 Å². The van der Waals surface area contributed by atoms with Gasteiger partial charge in [-0.05, 0) is 0 Å². The first-order valence-corrected chi connectivity index (χ1v) is 14.2. The maximum absolute atomic E-state index is 12.3. The summed E-state index contributed by atoms with van der Waals surface area (Å²) < 4.78 is 60.2. The zero-order chi connectivity index (χ0) is 35.6. The zero-order valence-electron chi connectivity index (χ0n) is 26.9. The summed E-state index contributed by atoms with van der Waals surface area (Å²) in [5, 5.41) is 0. The molecule has 0 aromatic carbocycles. The summed E-state index contributed by atoms with van der Waals surface area (Å²) in [7, 11) is 0. The van der Waals surface area contributed by atoms with Gasteiger partial charge in [-0.15, -0.1) is 0 Å². The van der Waals surface area contributed by atoms with Gasteiger partial charge in [0.1, 0.15) is 31.5 Å². The van der Waals surface area contributed by atoms with E-state index in [9.17, 15) is 38.4 Å². The summed E-state index contributed by atoms with van der Waals surface area (Å²) in [4.78, 5) is 96.3. The van der Waals surface area contributed by atoms with Crippen molar-refractivity contribution in [2.75, 3.05) is 13.2 Å². The van der Waals surface area contributed by atoms with Gasteiger partial charge >= 0.3 is 47.8 Å². The van der Waals surface area contributed by atoms with Crippen LogP contribution in [0.5, 0.6) is 0 Å². The summed E-state index contributed by atoms with van der Waals surface area (Å²) >= 11 is 0. The third-order valence-corrected chi connectivity index (χ3v) is 6.17. The number of rotatable bonds is 12. The Hall–Kier alpha value is -4.36. The largest absolute Gasteiger partial charge is 0.463 e. The number of carbonyl (C=O) groups is 8. The van der Waals surface area contributed by atoms with E-state index in [1.807, 2.05) is 0 Å². The Morgan fingerprint density at radius 1 is 0.383 bits per heavy atom. The second kappa shape index (κ2) is 17.5. The molecule has 19 heteroatoms.